The van der Waals surface area contributed by atoms with Gasteiger partial charge in [0.25, 0.3) is 0 Å². The van der Waals surface area contributed by atoms with Crippen molar-refractivity contribution in [3.05, 3.63) is 54.1 Å². The van der Waals surface area contributed by atoms with Crippen molar-refractivity contribution in [3.63, 3.8) is 0 Å². The summed E-state index contributed by atoms with van der Waals surface area (Å²) >= 11 is 0. The fourth-order valence-corrected chi connectivity index (χ4v) is 2.02. The first-order valence-electron chi connectivity index (χ1n) is 6.44. The SMILES string of the molecule is O=C(O)Cn1nnc2ccc(OCc3ccccc3)cc21. The van der Waals surface area contributed by atoms with Crippen molar-refractivity contribution >= 4 is 17.0 Å². The summed E-state index contributed by atoms with van der Waals surface area (Å²) in [6.45, 7) is 0.228. The minimum Gasteiger partial charge on any atom is -0.489 e. The van der Waals surface area contributed by atoms with Crippen molar-refractivity contribution < 1.29 is 14.6 Å². The van der Waals surface area contributed by atoms with Crippen LogP contribution in [-0.4, -0.2) is 26.1 Å². The van der Waals surface area contributed by atoms with E-state index in [1.807, 2.05) is 30.3 Å². The fourth-order valence-electron chi connectivity index (χ4n) is 2.02. The number of hydrogen-bond acceptors (Lipinski definition) is 4. The molecule has 106 valence electrons. The maximum atomic E-state index is 10.8. The van der Waals surface area contributed by atoms with Gasteiger partial charge in [0.15, 0.2) is 0 Å². The van der Waals surface area contributed by atoms with Crippen LogP contribution < -0.4 is 4.74 Å². The highest BCUT2D eigenvalue weighted by Gasteiger charge is 2.09. The molecule has 1 heterocycles. The van der Waals surface area contributed by atoms with Gasteiger partial charge in [0.1, 0.15) is 24.4 Å². The van der Waals surface area contributed by atoms with Crippen LogP contribution in [0, 0.1) is 0 Å². The highest BCUT2D eigenvalue weighted by Crippen LogP contribution is 2.20. The van der Waals surface area contributed by atoms with Crippen LogP contribution in [0.15, 0.2) is 48.5 Å². The topological polar surface area (TPSA) is 77.2 Å². The molecule has 0 unspecified atom stereocenters. The molecular formula is C15H13N3O3. The van der Waals surface area contributed by atoms with E-state index in [1.165, 1.54) is 4.68 Å². The zero-order valence-electron chi connectivity index (χ0n) is 11.1. The molecule has 21 heavy (non-hydrogen) atoms. The Kier molecular flexibility index (Phi) is 3.51. The summed E-state index contributed by atoms with van der Waals surface area (Å²) in [7, 11) is 0. The van der Waals surface area contributed by atoms with E-state index in [0.29, 0.717) is 23.4 Å². The molecule has 0 fully saturated rings. The van der Waals surface area contributed by atoms with E-state index in [0.717, 1.165) is 5.56 Å². The van der Waals surface area contributed by atoms with Gasteiger partial charge in [-0.2, -0.15) is 0 Å². The summed E-state index contributed by atoms with van der Waals surface area (Å²) in [4.78, 5) is 10.8. The molecule has 0 atom stereocenters. The second-order valence-corrected chi connectivity index (χ2v) is 4.57. The maximum Gasteiger partial charge on any atom is 0.325 e. The van der Waals surface area contributed by atoms with Crippen LogP contribution in [0.5, 0.6) is 5.75 Å². The van der Waals surface area contributed by atoms with Crippen LogP contribution in [0.4, 0.5) is 0 Å². The van der Waals surface area contributed by atoms with E-state index in [4.69, 9.17) is 9.84 Å². The first-order chi connectivity index (χ1) is 10.2. The smallest absolute Gasteiger partial charge is 0.325 e. The molecule has 0 aliphatic carbocycles. The Morgan fingerprint density at radius 1 is 1.19 bits per heavy atom. The predicted octanol–water partition coefficient (Wildman–Crippen LogP) is 2.09. The second kappa shape index (κ2) is 5.62. The van der Waals surface area contributed by atoms with E-state index in [1.54, 1.807) is 18.2 Å². The summed E-state index contributed by atoms with van der Waals surface area (Å²) in [5.41, 5.74) is 2.35. The first kappa shape index (κ1) is 13.1. The third-order valence-electron chi connectivity index (χ3n) is 3.02. The number of hydrogen-bond donors (Lipinski definition) is 1. The lowest BCUT2D eigenvalue weighted by atomic mass is 10.2. The summed E-state index contributed by atoms with van der Waals surface area (Å²) in [5.74, 6) is -0.308. The molecular weight excluding hydrogens is 270 g/mol. The summed E-state index contributed by atoms with van der Waals surface area (Å²) in [5, 5.41) is 16.6. The number of fused-ring (bicyclic) bond motifs is 1. The number of carboxylic acid groups (broad SMARTS) is 1. The lowest BCUT2D eigenvalue weighted by molar-refractivity contribution is -0.137. The zero-order chi connectivity index (χ0) is 14.7. The monoisotopic (exact) mass is 283 g/mol. The summed E-state index contributed by atoms with van der Waals surface area (Å²) < 4.78 is 7.05. The highest BCUT2D eigenvalue weighted by atomic mass is 16.5. The number of ether oxygens (including phenoxy) is 1. The Bertz CT molecular complexity index is 768. The molecule has 1 aromatic heterocycles. The Morgan fingerprint density at radius 3 is 2.76 bits per heavy atom. The van der Waals surface area contributed by atoms with Crippen molar-refractivity contribution in [2.24, 2.45) is 0 Å². The van der Waals surface area contributed by atoms with E-state index in [2.05, 4.69) is 10.3 Å². The molecule has 0 bridgehead atoms. The van der Waals surface area contributed by atoms with E-state index in [-0.39, 0.29) is 6.54 Å². The van der Waals surface area contributed by atoms with Crippen molar-refractivity contribution in [3.8, 4) is 5.75 Å². The van der Waals surface area contributed by atoms with E-state index < -0.39 is 5.97 Å². The van der Waals surface area contributed by atoms with Gasteiger partial charge < -0.3 is 9.84 Å². The Balaban J connectivity index is 1.81. The number of nitrogens with zero attached hydrogens (tertiary/aromatic N) is 3. The van der Waals surface area contributed by atoms with E-state index >= 15 is 0 Å². The van der Waals surface area contributed by atoms with E-state index in [9.17, 15) is 4.79 Å². The largest absolute Gasteiger partial charge is 0.489 e. The molecule has 0 spiro atoms. The Hall–Kier alpha value is -2.89. The molecule has 0 aliphatic heterocycles. The average Bonchev–Trinajstić information content (AvgIpc) is 2.88. The molecule has 6 nitrogen and oxygen atoms in total. The molecule has 0 radical (unpaired) electrons. The lowest BCUT2D eigenvalue weighted by Crippen LogP contribution is -2.10. The Labute approximate surface area is 120 Å². The number of rotatable bonds is 5. The summed E-state index contributed by atoms with van der Waals surface area (Å²) in [6, 6.07) is 15.1. The third kappa shape index (κ3) is 3.00. The number of aliphatic carboxylic acids is 1. The summed E-state index contributed by atoms with van der Waals surface area (Å²) in [6.07, 6.45) is 0. The zero-order valence-corrected chi connectivity index (χ0v) is 11.1. The maximum absolute atomic E-state index is 10.8. The van der Waals surface area contributed by atoms with Gasteiger partial charge in [-0.05, 0) is 17.7 Å². The number of carbonyl (C=O) groups is 1. The van der Waals surface area contributed by atoms with Crippen molar-refractivity contribution in [2.75, 3.05) is 0 Å². The van der Waals surface area contributed by atoms with Crippen LogP contribution in [0.1, 0.15) is 5.56 Å². The molecule has 0 saturated carbocycles. The lowest BCUT2D eigenvalue weighted by Gasteiger charge is -2.06. The molecule has 1 N–H and O–H groups in total. The Morgan fingerprint density at radius 2 is 2.00 bits per heavy atom. The predicted molar refractivity (Wildman–Crippen MR) is 75.9 cm³/mol. The van der Waals surface area contributed by atoms with Crippen LogP contribution in [0.25, 0.3) is 11.0 Å². The molecule has 6 heteroatoms. The van der Waals surface area contributed by atoms with Gasteiger partial charge in [0, 0.05) is 6.07 Å². The fraction of sp³-hybridized carbons (Fsp3) is 0.133. The quantitative estimate of drug-likeness (QED) is 0.775. The molecule has 2 aromatic carbocycles. The number of carboxylic acids is 1. The molecule has 0 saturated heterocycles. The molecule has 3 aromatic rings. The average molecular weight is 283 g/mol. The first-order valence-corrected chi connectivity index (χ1v) is 6.44. The highest BCUT2D eigenvalue weighted by molar-refractivity contribution is 5.78. The minimum atomic E-state index is -0.961. The molecule has 3 rings (SSSR count). The van der Waals surface area contributed by atoms with Crippen molar-refractivity contribution in [1.29, 1.82) is 0 Å². The van der Waals surface area contributed by atoms with Gasteiger partial charge in [-0.1, -0.05) is 35.5 Å². The van der Waals surface area contributed by atoms with Crippen LogP contribution in [0.3, 0.4) is 0 Å². The number of benzene rings is 2. The van der Waals surface area contributed by atoms with Gasteiger partial charge in [-0.25, -0.2) is 4.68 Å². The second-order valence-electron chi connectivity index (χ2n) is 4.57. The molecule has 0 amide bonds. The van der Waals surface area contributed by atoms with Crippen LogP contribution in [-0.2, 0) is 17.9 Å². The minimum absolute atomic E-state index is 0.224. The molecule has 0 aliphatic rings. The van der Waals surface area contributed by atoms with Crippen LogP contribution in [0.2, 0.25) is 0 Å². The van der Waals surface area contributed by atoms with Crippen molar-refractivity contribution in [2.45, 2.75) is 13.2 Å². The number of aromatic nitrogens is 3. The van der Waals surface area contributed by atoms with Crippen molar-refractivity contribution in [1.82, 2.24) is 15.0 Å². The van der Waals surface area contributed by atoms with Gasteiger partial charge in [0.05, 0.1) is 5.52 Å². The van der Waals surface area contributed by atoms with Crippen LogP contribution >= 0.6 is 0 Å². The van der Waals surface area contributed by atoms with Gasteiger partial charge in [0.2, 0.25) is 0 Å². The third-order valence-corrected chi connectivity index (χ3v) is 3.02. The van der Waals surface area contributed by atoms with Gasteiger partial charge in [-0.15, -0.1) is 5.10 Å². The van der Waals surface area contributed by atoms with Gasteiger partial charge >= 0.3 is 5.97 Å². The van der Waals surface area contributed by atoms with Gasteiger partial charge in [-0.3, -0.25) is 4.79 Å². The normalized spacial score (nSPS) is 10.7. The standard InChI is InChI=1S/C15H13N3O3/c19-15(20)9-18-14-8-12(6-7-13(14)16-17-18)21-10-11-4-2-1-3-5-11/h1-8H,9-10H2,(H,19,20).